The van der Waals surface area contributed by atoms with Gasteiger partial charge in [0.05, 0.1) is 5.60 Å². The molecule has 22 heavy (non-hydrogen) atoms. The van der Waals surface area contributed by atoms with Crippen LogP contribution < -0.4 is 0 Å². The normalized spacial score (nSPS) is 17.6. The zero-order valence-electron chi connectivity index (χ0n) is 16.1. The molecule has 1 heteroatoms. The summed E-state index contributed by atoms with van der Waals surface area (Å²) >= 11 is 0. The van der Waals surface area contributed by atoms with Crippen LogP contribution in [0.5, 0.6) is 0 Å². The zero-order valence-corrected chi connectivity index (χ0v) is 16.1. The van der Waals surface area contributed by atoms with Gasteiger partial charge in [0.1, 0.15) is 0 Å². The molecule has 0 fully saturated rings. The Kier molecular flexibility index (Phi) is 8.70. The molecule has 126 valence electrons. The SMILES string of the molecule is C=C(C)/C(C)=C(/C)C/C(CC)=C(/C)CC(C)(O)/C=C(\C)CC. The van der Waals surface area contributed by atoms with Gasteiger partial charge in [0, 0.05) is 6.42 Å². The van der Waals surface area contributed by atoms with Crippen molar-refractivity contribution < 1.29 is 5.11 Å². The van der Waals surface area contributed by atoms with Crippen molar-refractivity contribution in [3.05, 3.63) is 46.1 Å². The minimum Gasteiger partial charge on any atom is -0.386 e. The maximum atomic E-state index is 10.6. The molecule has 1 atom stereocenters. The summed E-state index contributed by atoms with van der Waals surface area (Å²) in [7, 11) is 0. The minimum atomic E-state index is -0.758. The molecular weight excluding hydrogens is 268 g/mol. The topological polar surface area (TPSA) is 20.2 Å². The molecule has 1 nitrogen and oxygen atoms in total. The first-order chi connectivity index (χ1) is 10.0. The molecule has 0 aliphatic carbocycles. The summed E-state index contributed by atoms with van der Waals surface area (Å²) in [6.07, 6.45) is 5.70. The van der Waals surface area contributed by atoms with Gasteiger partial charge in [-0.3, -0.25) is 0 Å². The van der Waals surface area contributed by atoms with Gasteiger partial charge in [0.2, 0.25) is 0 Å². The van der Waals surface area contributed by atoms with E-state index in [0.29, 0.717) is 6.42 Å². The monoisotopic (exact) mass is 304 g/mol. The van der Waals surface area contributed by atoms with Gasteiger partial charge in [-0.25, -0.2) is 0 Å². The lowest BCUT2D eigenvalue weighted by Crippen LogP contribution is -2.22. The Morgan fingerprint density at radius 1 is 1.00 bits per heavy atom. The first-order valence-electron chi connectivity index (χ1n) is 8.44. The van der Waals surface area contributed by atoms with Crippen molar-refractivity contribution in [1.29, 1.82) is 0 Å². The lowest BCUT2D eigenvalue weighted by atomic mass is 9.88. The molecular formula is C21H36O. The molecule has 0 radical (unpaired) electrons. The number of rotatable bonds is 8. The van der Waals surface area contributed by atoms with E-state index in [9.17, 15) is 5.11 Å². The third-order valence-electron chi connectivity index (χ3n) is 4.53. The van der Waals surface area contributed by atoms with E-state index >= 15 is 0 Å². The van der Waals surface area contributed by atoms with E-state index in [0.717, 1.165) is 24.8 Å². The van der Waals surface area contributed by atoms with Crippen LogP contribution in [0, 0.1) is 0 Å². The highest BCUT2D eigenvalue weighted by atomic mass is 16.3. The summed E-state index contributed by atoms with van der Waals surface area (Å²) in [5.74, 6) is 0. The summed E-state index contributed by atoms with van der Waals surface area (Å²) in [5, 5.41) is 10.6. The van der Waals surface area contributed by atoms with E-state index in [1.165, 1.54) is 27.9 Å². The Morgan fingerprint density at radius 3 is 1.95 bits per heavy atom. The third-order valence-corrected chi connectivity index (χ3v) is 4.53. The molecule has 0 aromatic rings. The first-order valence-corrected chi connectivity index (χ1v) is 8.44. The summed E-state index contributed by atoms with van der Waals surface area (Å²) in [4.78, 5) is 0. The molecule has 0 saturated heterocycles. The fourth-order valence-corrected chi connectivity index (χ4v) is 2.74. The van der Waals surface area contributed by atoms with Crippen molar-refractivity contribution in [2.24, 2.45) is 0 Å². The average Bonchev–Trinajstić information content (AvgIpc) is 2.41. The van der Waals surface area contributed by atoms with Gasteiger partial charge in [-0.1, -0.05) is 54.4 Å². The molecule has 0 aliphatic rings. The molecule has 0 aromatic carbocycles. The fourth-order valence-electron chi connectivity index (χ4n) is 2.74. The van der Waals surface area contributed by atoms with E-state index in [4.69, 9.17) is 0 Å². The second kappa shape index (κ2) is 9.15. The second-order valence-corrected chi connectivity index (χ2v) is 6.98. The predicted octanol–water partition coefficient (Wildman–Crippen LogP) is 6.51. The Hall–Kier alpha value is -1.08. The van der Waals surface area contributed by atoms with Crippen molar-refractivity contribution in [3.63, 3.8) is 0 Å². The van der Waals surface area contributed by atoms with Gasteiger partial charge >= 0.3 is 0 Å². The van der Waals surface area contributed by atoms with Crippen molar-refractivity contribution in [2.45, 2.75) is 86.7 Å². The Bertz CT molecular complexity index is 484. The number of hydrogen-bond donors (Lipinski definition) is 1. The number of hydrogen-bond acceptors (Lipinski definition) is 1. The van der Waals surface area contributed by atoms with Crippen LogP contribution in [-0.4, -0.2) is 10.7 Å². The van der Waals surface area contributed by atoms with Crippen molar-refractivity contribution in [2.75, 3.05) is 0 Å². The van der Waals surface area contributed by atoms with Gasteiger partial charge in [-0.05, 0) is 66.4 Å². The molecule has 0 heterocycles. The van der Waals surface area contributed by atoms with E-state index in [-0.39, 0.29) is 0 Å². The van der Waals surface area contributed by atoms with Gasteiger partial charge in [0.25, 0.3) is 0 Å². The van der Waals surface area contributed by atoms with E-state index in [2.05, 4.69) is 55.0 Å². The van der Waals surface area contributed by atoms with Crippen molar-refractivity contribution in [1.82, 2.24) is 0 Å². The standard InChI is InChI=1S/C21H36O/c1-10-16(5)13-21(9,22)14-18(7)20(11-2)12-17(6)19(8)15(3)4/h13,22H,3,10-12,14H2,1-2,4-9H3/b16-13+,19-17-,20-18-. The lowest BCUT2D eigenvalue weighted by Gasteiger charge is -2.23. The van der Waals surface area contributed by atoms with E-state index in [1.54, 1.807) is 0 Å². The van der Waals surface area contributed by atoms with E-state index < -0.39 is 5.60 Å². The molecule has 0 bridgehead atoms. The molecule has 0 amide bonds. The quantitative estimate of drug-likeness (QED) is 0.400. The summed E-state index contributed by atoms with van der Waals surface area (Å²) < 4.78 is 0. The van der Waals surface area contributed by atoms with Crippen LogP contribution in [-0.2, 0) is 0 Å². The van der Waals surface area contributed by atoms with Gasteiger partial charge in [-0.15, -0.1) is 0 Å². The summed E-state index contributed by atoms with van der Waals surface area (Å²) in [6.45, 7) is 20.9. The predicted molar refractivity (Wildman–Crippen MR) is 100 cm³/mol. The minimum absolute atomic E-state index is 0.701. The second-order valence-electron chi connectivity index (χ2n) is 6.98. The van der Waals surface area contributed by atoms with Crippen LogP contribution in [0.3, 0.4) is 0 Å². The van der Waals surface area contributed by atoms with Crippen LogP contribution in [0.25, 0.3) is 0 Å². The van der Waals surface area contributed by atoms with Crippen molar-refractivity contribution >= 4 is 0 Å². The van der Waals surface area contributed by atoms with Crippen molar-refractivity contribution in [3.8, 4) is 0 Å². The van der Waals surface area contributed by atoms with Gasteiger partial charge < -0.3 is 5.11 Å². The first kappa shape index (κ1) is 20.9. The van der Waals surface area contributed by atoms with Gasteiger partial charge in [0.15, 0.2) is 0 Å². The lowest BCUT2D eigenvalue weighted by molar-refractivity contribution is 0.111. The van der Waals surface area contributed by atoms with Crippen LogP contribution in [0.1, 0.15) is 81.1 Å². The van der Waals surface area contributed by atoms with Crippen LogP contribution in [0.15, 0.2) is 46.1 Å². The van der Waals surface area contributed by atoms with Crippen LogP contribution in [0.2, 0.25) is 0 Å². The summed E-state index contributed by atoms with van der Waals surface area (Å²) in [5.41, 5.74) is 7.04. The maximum Gasteiger partial charge on any atom is 0.0839 e. The molecule has 1 N–H and O–H groups in total. The Morgan fingerprint density at radius 2 is 1.55 bits per heavy atom. The molecule has 0 spiro atoms. The Labute approximate surface area is 138 Å². The van der Waals surface area contributed by atoms with Crippen LogP contribution >= 0.6 is 0 Å². The molecule has 0 aliphatic heterocycles. The number of aliphatic hydroxyl groups is 1. The van der Waals surface area contributed by atoms with Gasteiger partial charge in [-0.2, -0.15) is 0 Å². The highest BCUT2D eigenvalue weighted by molar-refractivity contribution is 5.32. The highest BCUT2D eigenvalue weighted by Gasteiger charge is 2.19. The molecule has 1 unspecified atom stereocenters. The Balaban J connectivity index is 5.31. The largest absolute Gasteiger partial charge is 0.386 e. The fraction of sp³-hybridized carbons (Fsp3) is 0.619. The number of allylic oxidation sites excluding steroid dienone is 5. The maximum absolute atomic E-state index is 10.6. The van der Waals surface area contributed by atoms with Crippen LogP contribution in [0.4, 0.5) is 0 Å². The molecule has 0 saturated carbocycles. The molecule has 0 rings (SSSR count). The average molecular weight is 305 g/mol. The molecule has 0 aromatic heterocycles. The highest BCUT2D eigenvalue weighted by Crippen LogP contribution is 2.28. The smallest absolute Gasteiger partial charge is 0.0839 e. The van der Waals surface area contributed by atoms with E-state index in [1.807, 2.05) is 13.0 Å². The third kappa shape index (κ3) is 7.26. The summed E-state index contributed by atoms with van der Waals surface area (Å²) in [6, 6.07) is 0. The zero-order chi connectivity index (χ0) is 17.5.